The van der Waals surface area contributed by atoms with E-state index in [2.05, 4.69) is 14.6 Å². The molecule has 2 fully saturated rings. The Bertz CT molecular complexity index is 634. The van der Waals surface area contributed by atoms with Crippen LogP contribution >= 0.6 is 11.5 Å². The Kier molecular flexibility index (Phi) is 6.48. The van der Waals surface area contributed by atoms with E-state index in [1.807, 2.05) is 11.8 Å². The van der Waals surface area contributed by atoms with Crippen molar-refractivity contribution >= 4 is 29.0 Å². The van der Waals surface area contributed by atoms with E-state index in [0.29, 0.717) is 30.6 Å². The Labute approximate surface area is 159 Å². The van der Waals surface area contributed by atoms with Gasteiger partial charge in [-0.15, -0.1) is 0 Å². The Morgan fingerprint density at radius 2 is 1.88 bits per heavy atom. The molecule has 2 amide bonds. The first-order valence-corrected chi connectivity index (χ1v) is 10.5. The number of hydrogen-bond acceptors (Lipinski definition) is 6. The molecule has 1 aliphatic heterocycles. The average Bonchev–Trinajstić information content (AvgIpc) is 3.08. The highest BCUT2D eigenvalue weighted by Gasteiger charge is 2.30. The molecule has 144 valence electrons. The van der Waals surface area contributed by atoms with Crippen molar-refractivity contribution in [2.75, 3.05) is 38.5 Å². The fraction of sp³-hybridized carbons (Fsp3) is 0.722. The van der Waals surface area contributed by atoms with Gasteiger partial charge in [-0.05, 0) is 30.8 Å². The van der Waals surface area contributed by atoms with E-state index in [4.69, 9.17) is 5.73 Å². The molecule has 1 saturated carbocycles. The van der Waals surface area contributed by atoms with Crippen molar-refractivity contribution in [3.63, 3.8) is 0 Å². The second-order valence-electron chi connectivity index (χ2n) is 7.15. The first-order valence-electron chi connectivity index (χ1n) is 9.68. The van der Waals surface area contributed by atoms with Crippen molar-refractivity contribution in [3.05, 3.63) is 10.6 Å². The first-order chi connectivity index (χ1) is 12.6. The van der Waals surface area contributed by atoms with Gasteiger partial charge in [-0.2, -0.15) is 4.37 Å². The van der Waals surface area contributed by atoms with Crippen LogP contribution in [-0.4, -0.2) is 64.8 Å². The molecule has 0 bridgehead atoms. The molecule has 3 N–H and O–H groups in total. The van der Waals surface area contributed by atoms with Crippen LogP contribution in [0, 0.1) is 0 Å². The molecular formula is C18H29N5O2S. The predicted molar refractivity (Wildman–Crippen MR) is 104 cm³/mol. The zero-order valence-electron chi connectivity index (χ0n) is 15.5. The summed E-state index contributed by atoms with van der Waals surface area (Å²) in [4.78, 5) is 29.7. The number of nitrogens with zero attached hydrogens (tertiary/aromatic N) is 3. The van der Waals surface area contributed by atoms with Crippen LogP contribution in [-0.2, 0) is 0 Å². The van der Waals surface area contributed by atoms with E-state index in [-0.39, 0.29) is 23.2 Å². The molecule has 1 aliphatic carbocycles. The fourth-order valence-electron chi connectivity index (χ4n) is 3.82. The molecule has 1 aromatic rings. The normalized spacial score (nSPS) is 19.5. The maximum atomic E-state index is 12.8. The van der Waals surface area contributed by atoms with Gasteiger partial charge in [0.15, 0.2) is 5.69 Å². The van der Waals surface area contributed by atoms with Gasteiger partial charge in [-0.3, -0.25) is 14.5 Å². The van der Waals surface area contributed by atoms with Crippen LogP contribution < -0.4 is 11.1 Å². The van der Waals surface area contributed by atoms with Crippen molar-refractivity contribution in [3.8, 4) is 0 Å². The molecule has 0 unspecified atom stereocenters. The zero-order valence-corrected chi connectivity index (χ0v) is 16.3. The summed E-state index contributed by atoms with van der Waals surface area (Å²) in [6, 6.07) is 0.684. The lowest BCUT2D eigenvalue weighted by Gasteiger charge is -2.40. The predicted octanol–water partition coefficient (Wildman–Crippen LogP) is 1.96. The number of carbonyl (C=O) groups is 2. The van der Waals surface area contributed by atoms with Gasteiger partial charge >= 0.3 is 0 Å². The van der Waals surface area contributed by atoms with Crippen LogP contribution in [0.1, 0.15) is 65.6 Å². The Morgan fingerprint density at radius 1 is 1.19 bits per heavy atom. The van der Waals surface area contributed by atoms with Crippen LogP contribution in [0.15, 0.2) is 0 Å². The maximum Gasteiger partial charge on any atom is 0.273 e. The Morgan fingerprint density at radius 3 is 2.54 bits per heavy atom. The van der Waals surface area contributed by atoms with Gasteiger partial charge < -0.3 is 16.0 Å². The summed E-state index contributed by atoms with van der Waals surface area (Å²) < 4.78 is 4.12. The minimum atomic E-state index is -0.304. The number of aromatic nitrogens is 1. The number of nitrogen functional groups attached to an aromatic ring is 1. The number of anilines is 1. The summed E-state index contributed by atoms with van der Waals surface area (Å²) in [5, 5.41) is 2.76. The SMILES string of the molecule is CCCNC(=O)c1nsc(C(=O)N2CCN(C3CCCCC3)CC2)c1N. The van der Waals surface area contributed by atoms with Crippen LogP contribution in [0.4, 0.5) is 5.69 Å². The van der Waals surface area contributed by atoms with E-state index >= 15 is 0 Å². The van der Waals surface area contributed by atoms with Gasteiger partial charge in [0.05, 0.1) is 5.69 Å². The number of nitrogens with two attached hydrogens (primary N) is 1. The molecule has 7 nitrogen and oxygen atoms in total. The van der Waals surface area contributed by atoms with Crippen molar-refractivity contribution in [1.82, 2.24) is 19.5 Å². The van der Waals surface area contributed by atoms with E-state index < -0.39 is 0 Å². The van der Waals surface area contributed by atoms with Gasteiger partial charge in [-0.25, -0.2) is 0 Å². The van der Waals surface area contributed by atoms with Crippen LogP contribution in [0.5, 0.6) is 0 Å². The number of piperazine rings is 1. The van der Waals surface area contributed by atoms with Crippen LogP contribution in [0.2, 0.25) is 0 Å². The highest BCUT2D eigenvalue weighted by Crippen LogP contribution is 2.26. The smallest absolute Gasteiger partial charge is 0.273 e. The van der Waals surface area contributed by atoms with Crippen molar-refractivity contribution in [2.24, 2.45) is 0 Å². The maximum absolute atomic E-state index is 12.8. The third-order valence-corrected chi connectivity index (χ3v) is 6.22. The first kappa shape index (κ1) is 19.1. The average molecular weight is 380 g/mol. The van der Waals surface area contributed by atoms with Gasteiger partial charge in [0, 0.05) is 38.8 Å². The quantitative estimate of drug-likeness (QED) is 0.816. The molecule has 0 atom stereocenters. The molecule has 8 heteroatoms. The summed E-state index contributed by atoms with van der Waals surface area (Å²) in [6.45, 7) is 5.81. The second-order valence-corrected chi connectivity index (χ2v) is 7.92. The molecule has 2 aliphatic rings. The lowest BCUT2D eigenvalue weighted by Crippen LogP contribution is -2.52. The second kappa shape index (κ2) is 8.81. The van der Waals surface area contributed by atoms with E-state index in [1.165, 1.54) is 32.1 Å². The Balaban J connectivity index is 1.58. The summed E-state index contributed by atoms with van der Waals surface area (Å²) in [7, 11) is 0. The topological polar surface area (TPSA) is 91.6 Å². The van der Waals surface area contributed by atoms with Gasteiger partial charge in [0.25, 0.3) is 11.8 Å². The van der Waals surface area contributed by atoms with E-state index in [1.54, 1.807) is 0 Å². The van der Waals surface area contributed by atoms with Crippen molar-refractivity contribution in [2.45, 2.75) is 51.5 Å². The molecule has 1 aromatic heterocycles. The molecular weight excluding hydrogens is 350 g/mol. The number of carbonyl (C=O) groups excluding carboxylic acids is 2. The number of rotatable bonds is 5. The summed E-state index contributed by atoms with van der Waals surface area (Å²) in [6.07, 6.45) is 7.41. The standard InChI is InChI=1S/C18H29N5O2S/c1-2-8-20-17(24)15-14(19)16(26-21-15)18(25)23-11-9-22(10-12-23)13-6-4-3-5-7-13/h13H,2-12,19H2,1H3,(H,20,24). The zero-order chi connectivity index (χ0) is 18.5. The molecule has 0 aromatic carbocycles. The third-order valence-electron chi connectivity index (χ3n) is 5.37. The number of amides is 2. The van der Waals surface area contributed by atoms with Gasteiger partial charge in [-0.1, -0.05) is 26.2 Å². The molecule has 0 radical (unpaired) electrons. The molecule has 1 saturated heterocycles. The van der Waals surface area contributed by atoms with E-state index in [9.17, 15) is 9.59 Å². The van der Waals surface area contributed by atoms with Crippen molar-refractivity contribution < 1.29 is 9.59 Å². The monoisotopic (exact) mass is 379 g/mol. The number of hydrogen-bond donors (Lipinski definition) is 2. The van der Waals surface area contributed by atoms with Gasteiger partial charge in [0.1, 0.15) is 4.88 Å². The third kappa shape index (κ3) is 4.17. The molecule has 26 heavy (non-hydrogen) atoms. The molecule has 0 spiro atoms. The molecule has 2 heterocycles. The summed E-state index contributed by atoms with van der Waals surface area (Å²) in [5.74, 6) is -0.403. The summed E-state index contributed by atoms with van der Waals surface area (Å²) in [5.41, 5.74) is 6.44. The summed E-state index contributed by atoms with van der Waals surface area (Å²) >= 11 is 1.03. The van der Waals surface area contributed by atoms with Gasteiger partial charge in [0.2, 0.25) is 0 Å². The fourth-order valence-corrected chi connectivity index (χ4v) is 4.58. The lowest BCUT2D eigenvalue weighted by molar-refractivity contribution is 0.0528. The minimum absolute atomic E-state index is 0.0992. The molecule has 3 rings (SSSR count). The number of nitrogens with one attached hydrogen (secondary N) is 1. The van der Waals surface area contributed by atoms with E-state index in [0.717, 1.165) is 31.0 Å². The van der Waals surface area contributed by atoms with Crippen molar-refractivity contribution in [1.29, 1.82) is 0 Å². The highest BCUT2D eigenvalue weighted by molar-refractivity contribution is 7.09. The Hall–Kier alpha value is -1.67. The largest absolute Gasteiger partial charge is 0.395 e. The van der Waals surface area contributed by atoms with Crippen LogP contribution in [0.3, 0.4) is 0 Å². The van der Waals surface area contributed by atoms with Crippen LogP contribution in [0.25, 0.3) is 0 Å². The minimum Gasteiger partial charge on any atom is -0.395 e. The highest BCUT2D eigenvalue weighted by atomic mass is 32.1. The lowest BCUT2D eigenvalue weighted by atomic mass is 9.94.